The summed E-state index contributed by atoms with van der Waals surface area (Å²) in [6, 6.07) is 5.99. The van der Waals surface area contributed by atoms with Crippen LogP contribution in [-0.2, 0) is 42.3 Å². The van der Waals surface area contributed by atoms with Crippen LogP contribution in [0.15, 0.2) is 36.9 Å². The molecule has 0 heterocycles. The van der Waals surface area contributed by atoms with Crippen LogP contribution in [-0.4, -0.2) is 11.9 Å². The number of esters is 2. The summed E-state index contributed by atoms with van der Waals surface area (Å²) in [6.45, 7) is 6.32. The number of ether oxygens (including phenoxy) is 2. The molecule has 1 radical (unpaired) electrons. The van der Waals surface area contributed by atoms with Crippen LogP contribution in [0.3, 0.4) is 0 Å². The first kappa shape index (κ1) is 14.9. The molecule has 1 rings (SSSR count). The normalized spacial score (nSPS) is 8.50. The Hall–Kier alpha value is -1.13. The van der Waals surface area contributed by atoms with Gasteiger partial charge in [-0.1, -0.05) is 6.58 Å². The molecule has 0 aliphatic rings. The first-order valence-corrected chi connectivity index (χ1v) is 4.10. The van der Waals surface area contributed by atoms with E-state index < -0.39 is 11.9 Å². The summed E-state index contributed by atoms with van der Waals surface area (Å²) in [7, 11) is 0. The van der Waals surface area contributed by atoms with Crippen molar-refractivity contribution in [2.45, 2.75) is 0 Å². The minimum Gasteiger partial charge on any atom is -0.452 e. The average molecular weight is 294 g/mol. The summed E-state index contributed by atoms with van der Waals surface area (Å²) >= 11 is 0. The van der Waals surface area contributed by atoms with E-state index in [0.29, 0.717) is 11.5 Å². The smallest absolute Gasteiger partial charge is 0.335 e. The molecule has 81 valence electrons. The van der Waals surface area contributed by atoms with E-state index in [-0.39, 0.29) is 32.7 Å². The minimum atomic E-state index is -0.647. The molecule has 0 aliphatic carbocycles. The van der Waals surface area contributed by atoms with Gasteiger partial charge in [0.25, 0.3) is 0 Å². The van der Waals surface area contributed by atoms with Gasteiger partial charge in [-0.05, 0) is 24.3 Å². The second-order valence-electron chi connectivity index (χ2n) is 2.57. The third-order valence-corrected chi connectivity index (χ3v) is 1.44. The molecule has 0 aliphatic heterocycles. The molecule has 0 atom stereocenters. The number of carbonyl (C=O) groups is 2. The van der Waals surface area contributed by atoms with Gasteiger partial charge in [0.2, 0.25) is 0 Å². The summed E-state index contributed by atoms with van der Waals surface area (Å²) in [5, 5.41) is 0. The summed E-state index contributed by atoms with van der Waals surface area (Å²) in [4.78, 5) is 21.3. The summed E-state index contributed by atoms with van der Waals surface area (Å²) < 4.78 is 9.50. The molecule has 0 spiro atoms. The van der Waals surface area contributed by atoms with Crippen LogP contribution in [0.4, 0.5) is 0 Å². The molecule has 4 nitrogen and oxygen atoms in total. The van der Waals surface area contributed by atoms with Gasteiger partial charge in [0.05, 0.1) is 0 Å². The van der Waals surface area contributed by atoms with Crippen molar-refractivity contribution in [1.82, 2.24) is 0 Å². The van der Waals surface area contributed by atoms with Gasteiger partial charge in [0.1, 0.15) is 11.5 Å². The third-order valence-electron chi connectivity index (χ3n) is 1.44. The van der Waals surface area contributed by atoms with E-state index in [1.807, 2.05) is 0 Å². The van der Waals surface area contributed by atoms with Crippen LogP contribution in [0.2, 0.25) is 0 Å². The molecule has 0 amide bonds. The van der Waals surface area contributed by atoms with Gasteiger partial charge in [-0.3, -0.25) is 11.7 Å². The molecule has 5 heteroatoms. The van der Waals surface area contributed by atoms with Crippen molar-refractivity contribution < 1.29 is 51.8 Å². The number of carbonyl (C=O) groups excluding carboxylic acids is 2. The largest absolute Gasteiger partial charge is 0.452 e. The molecule has 0 bridgehead atoms. The molecule has 0 fully saturated rings. The Morgan fingerprint density at radius 2 is 1.56 bits per heavy atom. The van der Waals surface area contributed by atoms with E-state index in [4.69, 9.17) is 4.74 Å². The molecule has 1 aromatic carbocycles. The minimum absolute atomic E-state index is 0. The summed E-state index contributed by atoms with van der Waals surface area (Å²) in [5.41, 5.74) is 0. The van der Waals surface area contributed by atoms with Crippen molar-refractivity contribution in [2.24, 2.45) is 0 Å². The van der Waals surface area contributed by atoms with Gasteiger partial charge in [0, 0.05) is 38.8 Å². The maximum Gasteiger partial charge on any atom is 0.335 e. The second-order valence-corrected chi connectivity index (χ2v) is 2.57. The van der Waals surface area contributed by atoms with Gasteiger partial charge in [-0.15, -0.1) is 0 Å². The fourth-order valence-electron chi connectivity index (χ4n) is 0.865. The van der Waals surface area contributed by atoms with Crippen LogP contribution < -0.4 is 9.47 Å². The SMILES string of the molecule is C=CC(=O)Oc1ccc(OC([CH2-])=O)cc1.[Y]. The second kappa shape index (κ2) is 7.20. The Bertz CT molecular complexity index is 383. The molecule has 0 saturated heterocycles. The fourth-order valence-corrected chi connectivity index (χ4v) is 0.865. The maximum atomic E-state index is 10.8. The Morgan fingerprint density at radius 1 is 1.12 bits per heavy atom. The molecule has 1 aromatic rings. The predicted octanol–water partition coefficient (Wildman–Crippen LogP) is 1.51. The van der Waals surface area contributed by atoms with E-state index in [0.717, 1.165) is 6.08 Å². The van der Waals surface area contributed by atoms with Crippen LogP contribution in [0, 0.1) is 6.92 Å². The first-order chi connectivity index (χ1) is 7.11. The van der Waals surface area contributed by atoms with Crippen molar-refractivity contribution >= 4 is 11.9 Å². The molecule has 16 heavy (non-hydrogen) atoms. The van der Waals surface area contributed by atoms with E-state index in [1.54, 1.807) is 0 Å². The predicted molar refractivity (Wildman–Crippen MR) is 53.3 cm³/mol. The quantitative estimate of drug-likeness (QED) is 0.367. The third kappa shape index (κ3) is 5.10. The zero-order valence-electron chi connectivity index (χ0n) is 8.51. The Labute approximate surface area is 119 Å². The average Bonchev–Trinajstić information content (AvgIpc) is 2.20. The molecule has 0 unspecified atom stereocenters. The molecule has 0 saturated carbocycles. The topological polar surface area (TPSA) is 52.6 Å². The molecular formula is C11H9O4Y-. The van der Waals surface area contributed by atoms with Gasteiger partial charge in [0.15, 0.2) is 5.97 Å². The molecular weight excluding hydrogens is 285 g/mol. The van der Waals surface area contributed by atoms with Crippen LogP contribution in [0.1, 0.15) is 0 Å². The first-order valence-electron chi connectivity index (χ1n) is 4.10. The number of benzene rings is 1. The zero-order chi connectivity index (χ0) is 11.3. The standard InChI is InChI=1S/C11H9O4.Y/c1-3-11(13)15-10-6-4-9(5-7-10)14-8(2)12;/h3-7H,1-2H2;/q-1;. The zero-order valence-corrected chi connectivity index (χ0v) is 11.3. The van der Waals surface area contributed by atoms with E-state index in [9.17, 15) is 9.59 Å². The van der Waals surface area contributed by atoms with E-state index in [2.05, 4.69) is 18.2 Å². The van der Waals surface area contributed by atoms with Crippen molar-refractivity contribution in [3.63, 3.8) is 0 Å². The summed E-state index contributed by atoms with van der Waals surface area (Å²) in [5.74, 6) is -0.500. The number of hydrogen-bond acceptors (Lipinski definition) is 4. The Kier molecular flexibility index (Phi) is 6.69. The number of rotatable bonds is 3. The Morgan fingerprint density at radius 3 is 1.94 bits per heavy atom. The maximum absolute atomic E-state index is 10.8. The van der Waals surface area contributed by atoms with Gasteiger partial charge < -0.3 is 9.47 Å². The van der Waals surface area contributed by atoms with Crippen LogP contribution in [0.25, 0.3) is 0 Å². The van der Waals surface area contributed by atoms with Crippen molar-refractivity contribution in [1.29, 1.82) is 0 Å². The van der Waals surface area contributed by atoms with Crippen molar-refractivity contribution in [3.8, 4) is 11.5 Å². The number of hydrogen-bond donors (Lipinski definition) is 0. The van der Waals surface area contributed by atoms with Crippen molar-refractivity contribution in [3.05, 3.63) is 43.8 Å². The van der Waals surface area contributed by atoms with Gasteiger partial charge in [-0.25, -0.2) is 4.79 Å². The van der Waals surface area contributed by atoms with Gasteiger partial charge >= 0.3 is 5.97 Å². The van der Waals surface area contributed by atoms with Crippen molar-refractivity contribution in [2.75, 3.05) is 0 Å². The molecule has 0 aromatic heterocycles. The van der Waals surface area contributed by atoms with Crippen LogP contribution in [0.5, 0.6) is 11.5 Å². The monoisotopic (exact) mass is 294 g/mol. The fraction of sp³-hybridized carbons (Fsp3) is 0. The van der Waals surface area contributed by atoms with Gasteiger partial charge in [-0.2, -0.15) is 0 Å². The van der Waals surface area contributed by atoms with Crippen LogP contribution >= 0.6 is 0 Å². The van der Waals surface area contributed by atoms with E-state index in [1.165, 1.54) is 24.3 Å². The summed E-state index contributed by atoms with van der Waals surface area (Å²) in [6.07, 6.45) is 1.06. The van der Waals surface area contributed by atoms with E-state index >= 15 is 0 Å². The Balaban J connectivity index is 0.00000225. The molecule has 0 N–H and O–H groups in total.